The number of aliphatic hydroxyl groups is 1. The van der Waals surface area contributed by atoms with Gasteiger partial charge in [0, 0.05) is 36.9 Å². The Balaban J connectivity index is 0.00000280. The number of aromatic nitrogens is 1. The molecule has 0 aliphatic carbocycles. The van der Waals surface area contributed by atoms with Crippen LogP contribution in [0.1, 0.15) is 44.7 Å². The highest BCUT2D eigenvalue weighted by molar-refractivity contribution is 5.81. The second kappa shape index (κ2) is 11.6. The lowest BCUT2D eigenvalue weighted by atomic mass is 10.0. The van der Waals surface area contributed by atoms with E-state index in [0.29, 0.717) is 12.6 Å². The molecule has 3 aromatic rings. The number of pyridine rings is 1. The number of aryl methyl sites for hydroxylation is 1. The van der Waals surface area contributed by atoms with Crippen LogP contribution in [0.3, 0.4) is 0 Å². The fourth-order valence-corrected chi connectivity index (χ4v) is 3.65. The number of rotatable bonds is 10. The average molecular weight is 379 g/mol. The summed E-state index contributed by atoms with van der Waals surface area (Å²) in [6, 6.07) is 19.8. The van der Waals surface area contributed by atoms with Crippen molar-refractivity contribution in [2.75, 3.05) is 13.2 Å². The van der Waals surface area contributed by atoms with E-state index in [9.17, 15) is 5.11 Å². The maximum Gasteiger partial charge on any atom is 0.0558 e. The first-order valence-corrected chi connectivity index (χ1v) is 9.98. The van der Waals surface area contributed by atoms with Gasteiger partial charge in [0.15, 0.2) is 0 Å². The van der Waals surface area contributed by atoms with Gasteiger partial charge in [0.2, 0.25) is 0 Å². The van der Waals surface area contributed by atoms with Crippen LogP contribution in [-0.2, 0) is 13.0 Å². The van der Waals surface area contributed by atoms with Crippen LogP contribution < -0.4 is 0 Å². The molecule has 1 atom stereocenters. The molecule has 0 aliphatic heterocycles. The molecule has 0 fully saturated rings. The van der Waals surface area contributed by atoms with E-state index in [2.05, 4.69) is 71.4 Å². The zero-order chi connectivity index (χ0) is 18.9. The summed E-state index contributed by atoms with van der Waals surface area (Å²) in [6.45, 7) is 4.07. The predicted octanol–water partition coefficient (Wildman–Crippen LogP) is 5.47. The molecule has 0 saturated heterocycles. The van der Waals surface area contributed by atoms with Gasteiger partial charge in [-0.25, -0.2) is 0 Å². The summed E-state index contributed by atoms with van der Waals surface area (Å²) in [5.74, 6) is 0. The van der Waals surface area contributed by atoms with Crippen LogP contribution in [0.25, 0.3) is 10.8 Å². The molecular weight excluding hydrogens is 344 g/mol. The molecule has 1 heterocycles. The van der Waals surface area contributed by atoms with Gasteiger partial charge in [-0.1, -0.05) is 56.3 Å². The van der Waals surface area contributed by atoms with Gasteiger partial charge in [-0.05, 0) is 54.8 Å². The van der Waals surface area contributed by atoms with Gasteiger partial charge in [0.05, 0.1) is 6.61 Å². The zero-order valence-electron chi connectivity index (χ0n) is 16.2. The predicted molar refractivity (Wildman–Crippen MR) is 119 cm³/mol. The van der Waals surface area contributed by atoms with Gasteiger partial charge in [0.1, 0.15) is 0 Å². The molecule has 0 spiro atoms. The Labute approximate surface area is 170 Å². The second-order valence-corrected chi connectivity index (χ2v) is 7.33. The fraction of sp³-hybridized carbons (Fsp3) is 0.400. The summed E-state index contributed by atoms with van der Waals surface area (Å²) in [6.07, 6.45) is 8.47. The normalized spacial score (nSPS) is 12.1. The van der Waals surface area contributed by atoms with Crippen LogP contribution in [-0.4, -0.2) is 34.2 Å². The highest BCUT2D eigenvalue weighted by Gasteiger charge is 2.14. The first-order chi connectivity index (χ1) is 13.3. The zero-order valence-corrected chi connectivity index (χ0v) is 16.2. The van der Waals surface area contributed by atoms with Crippen molar-refractivity contribution in [3.63, 3.8) is 0 Å². The lowest BCUT2D eigenvalue weighted by Gasteiger charge is -2.28. The molecule has 0 radical (unpaired) electrons. The van der Waals surface area contributed by atoms with E-state index in [-0.39, 0.29) is 14.0 Å². The van der Waals surface area contributed by atoms with Crippen molar-refractivity contribution in [1.82, 2.24) is 9.88 Å². The monoisotopic (exact) mass is 378 g/mol. The van der Waals surface area contributed by atoms with Gasteiger partial charge in [-0.15, -0.1) is 0 Å². The molecule has 1 N–H and O–H groups in total. The number of nitrogens with zero attached hydrogens (tertiary/aromatic N) is 2. The Morgan fingerprint density at radius 1 is 0.964 bits per heavy atom. The largest absolute Gasteiger partial charge is 0.395 e. The summed E-state index contributed by atoms with van der Waals surface area (Å²) < 4.78 is 0. The first kappa shape index (κ1) is 22.1. The minimum absolute atomic E-state index is 0. The minimum Gasteiger partial charge on any atom is -0.395 e. The van der Waals surface area contributed by atoms with Crippen molar-refractivity contribution >= 4 is 10.8 Å². The van der Waals surface area contributed by atoms with Crippen LogP contribution in [0.2, 0.25) is 0 Å². The third-order valence-corrected chi connectivity index (χ3v) is 5.28. The van der Waals surface area contributed by atoms with E-state index < -0.39 is 0 Å². The van der Waals surface area contributed by atoms with Gasteiger partial charge in [-0.2, -0.15) is 0 Å². The van der Waals surface area contributed by atoms with Crippen molar-refractivity contribution in [3.8, 4) is 0 Å². The van der Waals surface area contributed by atoms with Crippen molar-refractivity contribution in [2.24, 2.45) is 0 Å². The van der Waals surface area contributed by atoms with E-state index >= 15 is 0 Å². The number of hydrogen-bond donors (Lipinski definition) is 1. The topological polar surface area (TPSA) is 36.4 Å². The Morgan fingerprint density at radius 3 is 2.57 bits per heavy atom. The average Bonchev–Trinajstić information content (AvgIpc) is 2.71. The standard InChI is InChI=1S/C24H30N2O.CH4/c1-20(7-5-6-10-21-8-3-2-4-9-21)26(15-16-27)19-22-11-12-24-18-25-14-13-23(24)17-22;/h2-4,8-9,11-14,17-18,20,27H,5-7,10,15-16,19H2,1H3;1H4/t20-;/m1./s1. The number of fused-ring (bicyclic) bond motifs is 1. The van der Waals surface area contributed by atoms with E-state index in [4.69, 9.17) is 0 Å². The smallest absolute Gasteiger partial charge is 0.0558 e. The Kier molecular flexibility index (Phi) is 9.12. The molecule has 2 aromatic carbocycles. The highest BCUT2D eigenvalue weighted by atomic mass is 16.3. The van der Waals surface area contributed by atoms with Gasteiger partial charge in [-0.3, -0.25) is 9.88 Å². The summed E-state index contributed by atoms with van der Waals surface area (Å²) >= 11 is 0. The van der Waals surface area contributed by atoms with Crippen molar-refractivity contribution < 1.29 is 5.11 Å². The van der Waals surface area contributed by atoms with E-state index in [1.807, 2.05) is 12.4 Å². The SMILES string of the molecule is C.C[C@H](CCCCc1ccccc1)N(CCO)Cc1ccc2cnccc2c1. The molecule has 0 amide bonds. The first-order valence-electron chi connectivity index (χ1n) is 9.98. The Bertz CT molecular complexity index is 819. The number of benzene rings is 2. The Morgan fingerprint density at radius 2 is 1.79 bits per heavy atom. The molecule has 1 aromatic heterocycles. The number of unbranched alkanes of at least 4 members (excludes halogenated alkanes) is 1. The lowest BCUT2D eigenvalue weighted by Crippen LogP contribution is -2.35. The van der Waals surface area contributed by atoms with Crippen molar-refractivity contribution in [1.29, 1.82) is 0 Å². The third kappa shape index (κ3) is 6.43. The van der Waals surface area contributed by atoms with Crippen LogP contribution in [0.4, 0.5) is 0 Å². The van der Waals surface area contributed by atoms with Crippen LogP contribution in [0.5, 0.6) is 0 Å². The molecule has 3 heteroatoms. The van der Waals surface area contributed by atoms with E-state index in [0.717, 1.165) is 19.4 Å². The van der Waals surface area contributed by atoms with Crippen LogP contribution >= 0.6 is 0 Å². The molecule has 3 rings (SSSR count). The van der Waals surface area contributed by atoms with Crippen LogP contribution in [0, 0.1) is 0 Å². The summed E-state index contributed by atoms with van der Waals surface area (Å²) in [4.78, 5) is 6.58. The molecule has 0 unspecified atom stereocenters. The molecular formula is C25H34N2O. The number of aliphatic hydroxyl groups excluding tert-OH is 1. The molecule has 150 valence electrons. The van der Waals surface area contributed by atoms with E-state index in [1.54, 1.807) is 0 Å². The second-order valence-electron chi connectivity index (χ2n) is 7.33. The molecule has 0 aliphatic rings. The fourth-order valence-electron chi connectivity index (χ4n) is 3.65. The molecule has 0 saturated carbocycles. The van der Waals surface area contributed by atoms with Crippen molar-refractivity contribution in [2.45, 2.75) is 52.6 Å². The van der Waals surface area contributed by atoms with Gasteiger partial charge in [0.25, 0.3) is 0 Å². The van der Waals surface area contributed by atoms with Crippen molar-refractivity contribution in [3.05, 3.63) is 78.1 Å². The lowest BCUT2D eigenvalue weighted by molar-refractivity contribution is 0.144. The summed E-state index contributed by atoms with van der Waals surface area (Å²) in [5.41, 5.74) is 2.71. The van der Waals surface area contributed by atoms with Gasteiger partial charge < -0.3 is 5.11 Å². The Hall–Kier alpha value is -2.23. The van der Waals surface area contributed by atoms with Crippen LogP contribution in [0.15, 0.2) is 67.0 Å². The quantitative estimate of drug-likeness (QED) is 0.475. The summed E-state index contributed by atoms with van der Waals surface area (Å²) in [5, 5.41) is 11.9. The molecule has 3 nitrogen and oxygen atoms in total. The molecule has 28 heavy (non-hydrogen) atoms. The highest BCUT2D eigenvalue weighted by Crippen LogP contribution is 2.18. The van der Waals surface area contributed by atoms with E-state index in [1.165, 1.54) is 34.7 Å². The number of hydrogen-bond acceptors (Lipinski definition) is 3. The van der Waals surface area contributed by atoms with Gasteiger partial charge >= 0.3 is 0 Å². The summed E-state index contributed by atoms with van der Waals surface area (Å²) in [7, 11) is 0. The minimum atomic E-state index is 0. The third-order valence-electron chi connectivity index (χ3n) is 5.28. The maximum atomic E-state index is 9.51. The maximum absolute atomic E-state index is 9.51. The molecule has 0 bridgehead atoms.